The molecule has 114 valence electrons. The van der Waals surface area contributed by atoms with Crippen LogP contribution in [0.2, 0.25) is 0 Å². The summed E-state index contributed by atoms with van der Waals surface area (Å²) < 4.78 is 27.9. The molecule has 6 heteroatoms. The maximum Gasteiger partial charge on any atom is 0.243 e. The quantitative estimate of drug-likeness (QED) is 0.845. The molecule has 1 aromatic rings. The second-order valence-corrected chi connectivity index (χ2v) is 8.02. The fourth-order valence-corrected chi connectivity index (χ4v) is 4.58. The predicted molar refractivity (Wildman–Crippen MR) is 86.0 cm³/mol. The van der Waals surface area contributed by atoms with Crippen molar-refractivity contribution in [1.29, 1.82) is 0 Å². The fourth-order valence-electron chi connectivity index (χ4n) is 2.04. The number of rotatable bonds is 6. The number of hydrogen-bond donors (Lipinski definition) is 1. The topological polar surface area (TPSA) is 63.4 Å². The van der Waals surface area contributed by atoms with Crippen LogP contribution >= 0.6 is 15.9 Å². The SMILES string of the molecule is CCN(CC(C)C)S(=O)(=O)c1cc(CN)cc(Br)c1C. The van der Waals surface area contributed by atoms with E-state index in [4.69, 9.17) is 5.73 Å². The van der Waals surface area contributed by atoms with Gasteiger partial charge in [-0.3, -0.25) is 0 Å². The number of sulfonamides is 1. The third-order valence-corrected chi connectivity index (χ3v) is 6.02. The van der Waals surface area contributed by atoms with Gasteiger partial charge in [0.1, 0.15) is 0 Å². The first-order valence-corrected chi connectivity index (χ1v) is 8.96. The largest absolute Gasteiger partial charge is 0.326 e. The lowest BCUT2D eigenvalue weighted by atomic mass is 10.1. The van der Waals surface area contributed by atoms with Gasteiger partial charge in [0.25, 0.3) is 0 Å². The lowest BCUT2D eigenvalue weighted by Gasteiger charge is -2.24. The smallest absolute Gasteiger partial charge is 0.243 e. The van der Waals surface area contributed by atoms with Crippen molar-refractivity contribution in [3.8, 4) is 0 Å². The van der Waals surface area contributed by atoms with Crippen LogP contribution in [0.25, 0.3) is 0 Å². The van der Waals surface area contributed by atoms with E-state index in [-0.39, 0.29) is 5.92 Å². The Kier molecular flexibility index (Phi) is 6.19. The molecule has 0 fully saturated rings. The van der Waals surface area contributed by atoms with Gasteiger partial charge in [-0.15, -0.1) is 0 Å². The summed E-state index contributed by atoms with van der Waals surface area (Å²) >= 11 is 3.41. The third kappa shape index (κ3) is 3.81. The van der Waals surface area contributed by atoms with Crippen molar-refractivity contribution in [3.05, 3.63) is 27.7 Å². The van der Waals surface area contributed by atoms with E-state index in [1.807, 2.05) is 26.8 Å². The highest BCUT2D eigenvalue weighted by atomic mass is 79.9. The molecule has 4 nitrogen and oxygen atoms in total. The highest BCUT2D eigenvalue weighted by Crippen LogP contribution is 2.28. The van der Waals surface area contributed by atoms with Crippen molar-refractivity contribution in [2.75, 3.05) is 13.1 Å². The standard InChI is InChI=1S/C14H23BrN2O2S/c1-5-17(9-10(2)3)20(18,19)14-7-12(8-16)6-13(15)11(14)4/h6-7,10H,5,8-9,16H2,1-4H3. The Bertz CT molecular complexity index is 571. The number of nitrogens with zero attached hydrogens (tertiary/aromatic N) is 1. The number of nitrogens with two attached hydrogens (primary N) is 1. The Morgan fingerprint density at radius 1 is 1.35 bits per heavy atom. The highest BCUT2D eigenvalue weighted by molar-refractivity contribution is 9.10. The average Bonchev–Trinajstić information content (AvgIpc) is 2.38. The van der Waals surface area contributed by atoms with Crippen molar-refractivity contribution < 1.29 is 8.42 Å². The van der Waals surface area contributed by atoms with Gasteiger partial charge in [0.15, 0.2) is 0 Å². The van der Waals surface area contributed by atoms with E-state index in [9.17, 15) is 8.42 Å². The van der Waals surface area contributed by atoms with Gasteiger partial charge in [-0.1, -0.05) is 36.7 Å². The molecule has 20 heavy (non-hydrogen) atoms. The third-order valence-electron chi connectivity index (χ3n) is 3.13. The van der Waals surface area contributed by atoms with E-state index in [0.29, 0.717) is 24.5 Å². The summed E-state index contributed by atoms with van der Waals surface area (Å²) in [6.07, 6.45) is 0. The van der Waals surface area contributed by atoms with Crippen LogP contribution in [-0.4, -0.2) is 25.8 Å². The zero-order valence-electron chi connectivity index (χ0n) is 12.5. The number of benzene rings is 1. The molecular formula is C14H23BrN2O2S. The van der Waals surface area contributed by atoms with Crippen LogP contribution in [-0.2, 0) is 16.6 Å². The Morgan fingerprint density at radius 2 is 1.95 bits per heavy atom. The van der Waals surface area contributed by atoms with Crippen LogP contribution in [0.3, 0.4) is 0 Å². The molecule has 0 aliphatic carbocycles. The van der Waals surface area contributed by atoms with E-state index in [1.165, 1.54) is 4.31 Å². The van der Waals surface area contributed by atoms with Crippen molar-refractivity contribution in [2.45, 2.75) is 39.1 Å². The minimum absolute atomic E-state index is 0.283. The average molecular weight is 363 g/mol. The first-order chi connectivity index (χ1) is 9.23. The Balaban J connectivity index is 3.37. The molecule has 0 aromatic heterocycles. The van der Waals surface area contributed by atoms with Gasteiger partial charge in [-0.05, 0) is 36.1 Å². The molecule has 2 N–H and O–H groups in total. The summed E-state index contributed by atoms with van der Waals surface area (Å²) in [7, 11) is -3.48. The summed E-state index contributed by atoms with van der Waals surface area (Å²) in [6, 6.07) is 3.55. The molecule has 1 aromatic carbocycles. The Labute approximate surface area is 130 Å². The predicted octanol–water partition coefficient (Wildman–Crippen LogP) is 2.88. The molecule has 0 bridgehead atoms. The van der Waals surface area contributed by atoms with Crippen LogP contribution in [0.15, 0.2) is 21.5 Å². The van der Waals surface area contributed by atoms with E-state index in [1.54, 1.807) is 13.0 Å². The number of hydrogen-bond acceptors (Lipinski definition) is 3. The number of halogens is 1. The molecule has 0 atom stereocenters. The molecular weight excluding hydrogens is 340 g/mol. The molecule has 0 amide bonds. The fraction of sp³-hybridized carbons (Fsp3) is 0.571. The Hall–Kier alpha value is -0.430. The Morgan fingerprint density at radius 3 is 2.40 bits per heavy atom. The highest BCUT2D eigenvalue weighted by Gasteiger charge is 2.26. The minimum atomic E-state index is -3.48. The summed E-state index contributed by atoms with van der Waals surface area (Å²) in [5.41, 5.74) is 7.17. The molecule has 0 saturated carbocycles. The van der Waals surface area contributed by atoms with Crippen molar-refractivity contribution in [2.24, 2.45) is 11.7 Å². The maximum absolute atomic E-state index is 12.8. The first-order valence-electron chi connectivity index (χ1n) is 6.73. The molecule has 0 aliphatic rings. The normalized spacial score (nSPS) is 12.4. The molecule has 0 heterocycles. The summed E-state index contributed by atoms with van der Waals surface area (Å²) in [4.78, 5) is 0.342. The summed E-state index contributed by atoms with van der Waals surface area (Å²) in [6.45, 7) is 8.98. The van der Waals surface area contributed by atoms with Crippen LogP contribution in [0, 0.1) is 12.8 Å². The van der Waals surface area contributed by atoms with Crippen molar-refractivity contribution >= 4 is 26.0 Å². The van der Waals surface area contributed by atoms with Gasteiger partial charge in [-0.2, -0.15) is 4.31 Å². The van der Waals surface area contributed by atoms with E-state index in [2.05, 4.69) is 15.9 Å². The van der Waals surface area contributed by atoms with Gasteiger partial charge in [0.05, 0.1) is 4.90 Å². The molecule has 1 rings (SSSR count). The van der Waals surface area contributed by atoms with Gasteiger partial charge in [-0.25, -0.2) is 8.42 Å². The maximum atomic E-state index is 12.8. The lowest BCUT2D eigenvalue weighted by Crippen LogP contribution is -2.34. The first kappa shape index (κ1) is 17.6. The van der Waals surface area contributed by atoms with Gasteiger partial charge < -0.3 is 5.73 Å². The van der Waals surface area contributed by atoms with Crippen molar-refractivity contribution in [3.63, 3.8) is 0 Å². The van der Waals surface area contributed by atoms with E-state index >= 15 is 0 Å². The molecule has 0 spiro atoms. The van der Waals surface area contributed by atoms with E-state index < -0.39 is 10.0 Å². The summed E-state index contributed by atoms with van der Waals surface area (Å²) in [5, 5.41) is 0. The summed E-state index contributed by atoms with van der Waals surface area (Å²) in [5.74, 6) is 0.283. The molecule has 0 unspecified atom stereocenters. The zero-order valence-corrected chi connectivity index (χ0v) is 14.9. The van der Waals surface area contributed by atoms with Crippen molar-refractivity contribution in [1.82, 2.24) is 4.31 Å². The van der Waals surface area contributed by atoms with Crippen LogP contribution < -0.4 is 5.73 Å². The lowest BCUT2D eigenvalue weighted by molar-refractivity contribution is 0.380. The second-order valence-electron chi connectivity index (χ2n) is 5.25. The second kappa shape index (κ2) is 7.02. The van der Waals surface area contributed by atoms with Gasteiger partial charge >= 0.3 is 0 Å². The molecule has 0 saturated heterocycles. The van der Waals surface area contributed by atoms with Gasteiger partial charge in [0.2, 0.25) is 10.0 Å². The van der Waals surface area contributed by atoms with Crippen LogP contribution in [0.4, 0.5) is 0 Å². The monoisotopic (exact) mass is 362 g/mol. The molecule has 0 aliphatic heterocycles. The molecule has 0 radical (unpaired) electrons. The van der Waals surface area contributed by atoms with Crippen LogP contribution in [0.5, 0.6) is 0 Å². The zero-order chi connectivity index (χ0) is 15.5. The van der Waals surface area contributed by atoms with Gasteiger partial charge in [0, 0.05) is 24.1 Å². The van der Waals surface area contributed by atoms with E-state index in [0.717, 1.165) is 15.6 Å². The van der Waals surface area contributed by atoms with Crippen LogP contribution in [0.1, 0.15) is 31.9 Å². The minimum Gasteiger partial charge on any atom is -0.326 e.